The van der Waals surface area contributed by atoms with Gasteiger partial charge in [-0.15, -0.1) is 11.8 Å². The topological polar surface area (TPSA) is 62.6 Å². The minimum Gasteiger partial charge on any atom is -0.459 e. The number of nitrogens with zero attached hydrogens (tertiary/aromatic N) is 1. The zero-order valence-electron chi connectivity index (χ0n) is 15.0. The maximum atomic E-state index is 14.0. The van der Waals surface area contributed by atoms with Gasteiger partial charge in [-0.05, 0) is 48.9 Å². The molecule has 1 fully saturated rings. The third kappa shape index (κ3) is 3.41. The molecule has 28 heavy (non-hydrogen) atoms. The summed E-state index contributed by atoms with van der Waals surface area (Å²) >= 11 is 1.47. The first kappa shape index (κ1) is 18.3. The summed E-state index contributed by atoms with van der Waals surface area (Å²) in [4.78, 5) is 26.4. The number of amides is 2. The summed E-state index contributed by atoms with van der Waals surface area (Å²) in [5, 5.41) is 2.49. The van der Waals surface area contributed by atoms with Crippen molar-refractivity contribution in [2.45, 2.75) is 12.3 Å². The Hall–Kier alpha value is -3.06. The number of rotatable bonds is 4. The van der Waals surface area contributed by atoms with Crippen LogP contribution in [-0.4, -0.2) is 17.6 Å². The smallest absolute Gasteiger partial charge is 0.291 e. The molecule has 142 valence electrons. The van der Waals surface area contributed by atoms with Crippen LogP contribution in [0.15, 0.2) is 65.3 Å². The quantitative estimate of drug-likeness (QED) is 0.691. The molecule has 2 aromatic carbocycles. The zero-order valence-corrected chi connectivity index (χ0v) is 15.8. The second-order valence-corrected chi connectivity index (χ2v) is 7.44. The van der Waals surface area contributed by atoms with Crippen LogP contribution in [0.5, 0.6) is 0 Å². The Morgan fingerprint density at radius 1 is 1.21 bits per heavy atom. The minimum absolute atomic E-state index is 0.0753. The molecule has 7 heteroatoms. The summed E-state index contributed by atoms with van der Waals surface area (Å²) in [7, 11) is 0. The Labute approximate surface area is 165 Å². The van der Waals surface area contributed by atoms with Gasteiger partial charge in [0.1, 0.15) is 11.2 Å². The highest BCUT2D eigenvalue weighted by Gasteiger charge is 2.35. The first-order valence-electron chi connectivity index (χ1n) is 8.68. The lowest BCUT2D eigenvalue weighted by Crippen LogP contribution is -2.28. The lowest BCUT2D eigenvalue weighted by molar-refractivity contribution is -0.115. The number of anilines is 2. The molecule has 4 rings (SSSR count). The van der Waals surface area contributed by atoms with Gasteiger partial charge in [0.2, 0.25) is 5.91 Å². The minimum atomic E-state index is -0.352. The third-order valence-electron chi connectivity index (χ3n) is 4.54. The number of halogens is 1. The van der Waals surface area contributed by atoms with Crippen LogP contribution in [0.1, 0.15) is 27.1 Å². The SMILES string of the molecule is Cc1c(F)cccc1N1C(=O)CS[C@@H]1c1cccc(NC(=O)c2ccco2)c1. The van der Waals surface area contributed by atoms with E-state index in [2.05, 4.69) is 5.32 Å². The predicted octanol–water partition coefficient (Wildman–Crippen LogP) is 4.76. The first-order chi connectivity index (χ1) is 13.5. The van der Waals surface area contributed by atoms with Crippen molar-refractivity contribution in [2.75, 3.05) is 16.0 Å². The molecule has 0 spiro atoms. The number of benzene rings is 2. The molecular weight excluding hydrogens is 379 g/mol. The molecule has 1 aliphatic heterocycles. The maximum Gasteiger partial charge on any atom is 0.291 e. The van der Waals surface area contributed by atoms with E-state index in [0.717, 1.165) is 5.56 Å². The van der Waals surface area contributed by atoms with E-state index >= 15 is 0 Å². The summed E-state index contributed by atoms with van der Waals surface area (Å²) in [6, 6.07) is 15.2. The van der Waals surface area contributed by atoms with Gasteiger partial charge in [-0.1, -0.05) is 18.2 Å². The first-order valence-corrected chi connectivity index (χ1v) is 9.73. The van der Waals surface area contributed by atoms with Crippen LogP contribution in [-0.2, 0) is 4.79 Å². The second-order valence-electron chi connectivity index (χ2n) is 6.37. The largest absolute Gasteiger partial charge is 0.459 e. The van der Waals surface area contributed by atoms with Crippen LogP contribution >= 0.6 is 11.8 Å². The molecule has 3 aromatic rings. The van der Waals surface area contributed by atoms with E-state index in [9.17, 15) is 14.0 Å². The van der Waals surface area contributed by atoms with Gasteiger partial charge < -0.3 is 9.73 Å². The van der Waals surface area contributed by atoms with Crippen LogP contribution in [0.25, 0.3) is 0 Å². The van der Waals surface area contributed by atoms with Crippen LogP contribution in [0.4, 0.5) is 15.8 Å². The van der Waals surface area contributed by atoms with Crippen LogP contribution in [0.3, 0.4) is 0 Å². The van der Waals surface area contributed by atoms with E-state index in [1.165, 1.54) is 24.1 Å². The Morgan fingerprint density at radius 3 is 2.82 bits per heavy atom. The molecule has 1 aliphatic rings. The standard InChI is InChI=1S/C21H17FN2O3S/c1-13-16(22)7-3-8-17(13)24-19(25)12-28-21(24)14-5-2-6-15(11-14)23-20(26)18-9-4-10-27-18/h2-11,21H,12H2,1H3,(H,23,26)/t21-/m1/s1. The predicted molar refractivity (Wildman–Crippen MR) is 107 cm³/mol. The molecule has 0 aliphatic carbocycles. The normalized spacial score (nSPS) is 16.4. The van der Waals surface area contributed by atoms with Gasteiger partial charge in [0.15, 0.2) is 5.76 Å². The van der Waals surface area contributed by atoms with E-state index < -0.39 is 0 Å². The van der Waals surface area contributed by atoms with Gasteiger partial charge in [0, 0.05) is 11.3 Å². The average molecular weight is 396 g/mol. The molecule has 0 radical (unpaired) electrons. The van der Waals surface area contributed by atoms with Gasteiger partial charge in [-0.3, -0.25) is 14.5 Å². The van der Waals surface area contributed by atoms with Crippen LogP contribution < -0.4 is 10.2 Å². The Balaban J connectivity index is 1.63. The molecule has 2 amide bonds. The summed E-state index contributed by atoms with van der Waals surface area (Å²) in [5.74, 6) is -0.249. The molecular formula is C21H17FN2O3S. The highest BCUT2D eigenvalue weighted by Crippen LogP contribution is 2.43. The highest BCUT2D eigenvalue weighted by atomic mass is 32.2. The fourth-order valence-corrected chi connectivity index (χ4v) is 4.32. The summed E-state index contributed by atoms with van der Waals surface area (Å²) in [6.07, 6.45) is 1.44. The Morgan fingerprint density at radius 2 is 2.04 bits per heavy atom. The van der Waals surface area contributed by atoms with E-state index in [0.29, 0.717) is 22.7 Å². The zero-order chi connectivity index (χ0) is 19.7. The fraction of sp³-hybridized carbons (Fsp3) is 0.143. The maximum absolute atomic E-state index is 14.0. The number of nitrogens with one attached hydrogen (secondary N) is 1. The highest BCUT2D eigenvalue weighted by molar-refractivity contribution is 8.00. The van der Waals surface area contributed by atoms with E-state index in [-0.39, 0.29) is 28.8 Å². The van der Waals surface area contributed by atoms with Gasteiger partial charge in [-0.25, -0.2) is 4.39 Å². The molecule has 2 heterocycles. The Kier molecular flexibility index (Phi) is 4.92. The molecule has 1 atom stereocenters. The van der Waals surface area contributed by atoms with Crippen molar-refractivity contribution in [2.24, 2.45) is 0 Å². The fourth-order valence-electron chi connectivity index (χ4n) is 3.16. The number of carbonyl (C=O) groups is 2. The Bertz CT molecular complexity index is 1040. The third-order valence-corrected chi connectivity index (χ3v) is 5.75. The van der Waals surface area contributed by atoms with E-state index in [4.69, 9.17) is 4.42 Å². The van der Waals surface area contributed by atoms with Crippen LogP contribution in [0.2, 0.25) is 0 Å². The lowest BCUT2D eigenvalue weighted by atomic mass is 10.1. The molecule has 1 aromatic heterocycles. The molecule has 0 unspecified atom stereocenters. The molecule has 0 bridgehead atoms. The van der Waals surface area contributed by atoms with Gasteiger partial charge in [-0.2, -0.15) is 0 Å². The monoisotopic (exact) mass is 396 g/mol. The van der Waals surface area contributed by atoms with E-state index in [1.54, 1.807) is 42.2 Å². The number of hydrogen-bond acceptors (Lipinski definition) is 4. The van der Waals surface area contributed by atoms with Crippen molar-refractivity contribution >= 4 is 35.0 Å². The number of furan rings is 1. The molecule has 1 N–H and O–H groups in total. The number of carbonyl (C=O) groups excluding carboxylic acids is 2. The van der Waals surface area contributed by atoms with Crippen LogP contribution in [0, 0.1) is 12.7 Å². The van der Waals surface area contributed by atoms with Crippen molar-refractivity contribution in [1.29, 1.82) is 0 Å². The number of hydrogen-bond donors (Lipinski definition) is 1. The van der Waals surface area contributed by atoms with Crippen molar-refractivity contribution in [3.05, 3.63) is 83.6 Å². The van der Waals surface area contributed by atoms with Crippen molar-refractivity contribution < 1.29 is 18.4 Å². The number of thioether (sulfide) groups is 1. The van der Waals surface area contributed by atoms with Gasteiger partial charge >= 0.3 is 0 Å². The van der Waals surface area contributed by atoms with E-state index in [1.807, 2.05) is 18.2 Å². The van der Waals surface area contributed by atoms with Crippen molar-refractivity contribution in [3.8, 4) is 0 Å². The average Bonchev–Trinajstić information content (AvgIpc) is 3.34. The molecule has 1 saturated heterocycles. The van der Waals surface area contributed by atoms with Gasteiger partial charge in [0.25, 0.3) is 5.91 Å². The molecule has 5 nitrogen and oxygen atoms in total. The van der Waals surface area contributed by atoms with Crippen molar-refractivity contribution in [1.82, 2.24) is 0 Å². The molecule has 0 saturated carbocycles. The van der Waals surface area contributed by atoms with Gasteiger partial charge in [0.05, 0.1) is 17.7 Å². The lowest BCUT2D eigenvalue weighted by Gasteiger charge is -2.26. The summed E-state index contributed by atoms with van der Waals surface area (Å²) in [5.41, 5.74) is 2.43. The van der Waals surface area contributed by atoms with Crippen molar-refractivity contribution in [3.63, 3.8) is 0 Å². The summed E-state index contributed by atoms with van der Waals surface area (Å²) in [6.45, 7) is 1.66. The second kappa shape index (κ2) is 7.52. The summed E-state index contributed by atoms with van der Waals surface area (Å²) < 4.78 is 19.1.